The summed E-state index contributed by atoms with van der Waals surface area (Å²) in [6, 6.07) is 12.3. The van der Waals surface area contributed by atoms with Gasteiger partial charge in [-0.15, -0.1) is 0 Å². The first kappa shape index (κ1) is 15.1. The average molecular weight is 361 g/mol. The van der Waals surface area contributed by atoms with Gasteiger partial charge in [0.05, 0.1) is 6.04 Å². The van der Waals surface area contributed by atoms with Crippen molar-refractivity contribution in [2.24, 2.45) is 5.73 Å². The van der Waals surface area contributed by atoms with Crippen molar-refractivity contribution in [2.75, 3.05) is 11.4 Å². The van der Waals surface area contributed by atoms with Crippen LogP contribution in [0.25, 0.3) is 0 Å². The zero-order chi connectivity index (χ0) is 15.7. The summed E-state index contributed by atoms with van der Waals surface area (Å²) in [5, 5.41) is 9.43. The summed E-state index contributed by atoms with van der Waals surface area (Å²) >= 11 is 3.39. The van der Waals surface area contributed by atoms with E-state index >= 15 is 0 Å². The maximum atomic E-state index is 12.6. The Labute approximate surface area is 137 Å². The summed E-state index contributed by atoms with van der Waals surface area (Å²) in [5.74, 6) is 0.119. The number of benzene rings is 2. The maximum Gasteiger partial charge on any atom is 0.244 e. The topological polar surface area (TPSA) is 66.6 Å². The van der Waals surface area contributed by atoms with Crippen molar-refractivity contribution in [3.63, 3.8) is 0 Å². The van der Waals surface area contributed by atoms with Gasteiger partial charge in [0.1, 0.15) is 5.75 Å². The summed E-state index contributed by atoms with van der Waals surface area (Å²) in [7, 11) is 0. The zero-order valence-corrected chi connectivity index (χ0v) is 13.6. The van der Waals surface area contributed by atoms with Gasteiger partial charge in [-0.05, 0) is 42.2 Å². The molecule has 0 unspecified atom stereocenters. The minimum Gasteiger partial charge on any atom is -0.508 e. The third-order valence-electron chi connectivity index (χ3n) is 3.95. The molecular formula is C17H17BrN2O2. The van der Waals surface area contributed by atoms with Crippen LogP contribution in [0.1, 0.15) is 11.1 Å². The van der Waals surface area contributed by atoms with E-state index in [0.29, 0.717) is 13.0 Å². The van der Waals surface area contributed by atoms with Gasteiger partial charge in [-0.3, -0.25) is 4.79 Å². The zero-order valence-electron chi connectivity index (χ0n) is 12.0. The number of aromatic hydroxyl groups is 1. The highest BCUT2D eigenvalue weighted by Gasteiger charge is 2.28. The minimum absolute atomic E-state index is 0.0649. The van der Waals surface area contributed by atoms with Crippen LogP contribution in [0.2, 0.25) is 0 Å². The van der Waals surface area contributed by atoms with Gasteiger partial charge in [-0.2, -0.15) is 0 Å². The lowest BCUT2D eigenvalue weighted by molar-refractivity contribution is -0.119. The molecule has 1 amide bonds. The van der Waals surface area contributed by atoms with Crippen LogP contribution in [-0.4, -0.2) is 23.6 Å². The lowest BCUT2D eigenvalue weighted by atomic mass is 10.1. The van der Waals surface area contributed by atoms with Crippen molar-refractivity contribution in [2.45, 2.75) is 18.9 Å². The van der Waals surface area contributed by atoms with E-state index in [1.54, 1.807) is 23.1 Å². The lowest BCUT2D eigenvalue weighted by Crippen LogP contribution is -2.44. The van der Waals surface area contributed by atoms with E-state index in [9.17, 15) is 9.90 Å². The van der Waals surface area contributed by atoms with Crippen LogP contribution in [-0.2, 0) is 17.6 Å². The number of carbonyl (C=O) groups is 1. The van der Waals surface area contributed by atoms with Crippen molar-refractivity contribution in [1.82, 2.24) is 0 Å². The van der Waals surface area contributed by atoms with E-state index in [1.807, 2.05) is 24.3 Å². The van der Waals surface area contributed by atoms with Gasteiger partial charge in [0.2, 0.25) is 5.91 Å². The Bertz CT molecular complexity index is 718. The molecule has 1 atom stereocenters. The number of anilines is 1. The Kier molecular flexibility index (Phi) is 4.18. The highest BCUT2D eigenvalue weighted by molar-refractivity contribution is 9.10. The number of rotatable bonds is 3. The van der Waals surface area contributed by atoms with Gasteiger partial charge >= 0.3 is 0 Å². The van der Waals surface area contributed by atoms with E-state index in [-0.39, 0.29) is 11.7 Å². The summed E-state index contributed by atoms with van der Waals surface area (Å²) in [6.07, 6.45) is 1.30. The highest BCUT2D eigenvalue weighted by atomic mass is 79.9. The first-order valence-corrected chi connectivity index (χ1v) is 7.98. The second kappa shape index (κ2) is 6.10. The van der Waals surface area contributed by atoms with Crippen LogP contribution >= 0.6 is 15.9 Å². The number of phenols is 1. The molecule has 0 fully saturated rings. The van der Waals surface area contributed by atoms with Crippen LogP contribution in [0.4, 0.5) is 5.69 Å². The minimum atomic E-state index is -0.605. The second-order valence-corrected chi connectivity index (χ2v) is 6.31. The fourth-order valence-corrected chi connectivity index (χ4v) is 3.32. The number of hydrogen-bond acceptors (Lipinski definition) is 3. The highest BCUT2D eigenvalue weighted by Crippen LogP contribution is 2.29. The summed E-state index contributed by atoms with van der Waals surface area (Å²) in [5.41, 5.74) is 9.18. The number of hydrogen-bond donors (Lipinski definition) is 2. The molecule has 3 N–H and O–H groups in total. The predicted octanol–water partition coefficient (Wildman–Crippen LogP) is 2.61. The largest absolute Gasteiger partial charge is 0.508 e. The number of halogens is 1. The quantitative estimate of drug-likeness (QED) is 0.883. The Morgan fingerprint density at radius 1 is 1.32 bits per heavy atom. The molecule has 4 nitrogen and oxygen atoms in total. The number of nitrogens with zero attached hydrogens (tertiary/aromatic N) is 1. The third kappa shape index (κ3) is 2.87. The number of carbonyl (C=O) groups excluding carboxylic acids is 1. The fourth-order valence-electron chi connectivity index (χ4n) is 2.79. The predicted molar refractivity (Wildman–Crippen MR) is 90.0 cm³/mol. The van der Waals surface area contributed by atoms with Crippen LogP contribution in [0.15, 0.2) is 46.9 Å². The molecule has 0 saturated carbocycles. The van der Waals surface area contributed by atoms with Crippen molar-refractivity contribution in [3.8, 4) is 5.75 Å². The Morgan fingerprint density at radius 2 is 2.09 bits per heavy atom. The molecule has 114 valence electrons. The van der Waals surface area contributed by atoms with Crippen molar-refractivity contribution < 1.29 is 9.90 Å². The van der Waals surface area contributed by atoms with Gasteiger partial charge in [0, 0.05) is 16.7 Å². The molecule has 0 bridgehead atoms. The summed E-state index contributed by atoms with van der Waals surface area (Å²) in [6.45, 7) is 0.683. The molecular weight excluding hydrogens is 344 g/mol. The fraction of sp³-hybridized carbons (Fsp3) is 0.235. The van der Waals surface area contributed by atoms with E-state index in [1.165, 1.54) is 5.56 Å². The van der Waals surface area contributed by atoms with Crippen molar-refractivity contribution in [1.29, 1.82) is 0 Å². The summed E-state index contributed by atoms with van der Waals surface area (Å²) < 4.78 is 0.762. The van der Waals surface area contributed by atoms with Crippen LogP contribution < -0.4 is 10.6 Å². The number of nitrogens with two attached hydrogens (primary N) is 1. The smallest absolute Gasteiger partial charge is 0.244 e. The van der Waals surface area contributed by atoms with Gasteiger partial charge in [-0.25, -0.2) is 0 Å². The number of phenolic OH excluding ortho intramolecular Hbond substituents is 1. The molecule has 0 aromatic heterocycles. The van der Waals surface area contributed by atoms with Crippen LogP contribution in [0.3, 0.4) is 0 Å². The first-order valence-electron chi connectivity index (χ1n) is 7.18. The molecule has 2 aromatic carbocycles. The number of para-hydroxylation sites is 1. The van der Waals surface area contributed by atoms with Crippen LogP contribution in [0, 0.1) is 0 Å². The molecule has 1 heterocycles. The molecule has 0 radical (unpaired) electrons. The molecule has 0 aliphatic carbocycles. The molecule has 3 rings (SSSR count). The number of amides is 1. The van der Waals surface area contributed by atoms with E-state index in [4.69, 9.17) is 5.73 Å². The molecule has 5 heteroatoms. The SMILES string of the molecule is N[C@@H](Cc1ccc(O)cc1Br)C(=O)N1CCc2ccccc21. The molecule has 0 saturated heterocycles. The molecule has 1 aliphatic rings. The maximum absolute atomic E-state index is 12.6. The Balaban J connectivity index is 1.76. The van der Waals surface area contributed by atoms with Gasteiger partial charge in [-0.1, -0.05) is 40.2 Å². The Hall–Kier alpha value is -1.85. The Morgan fingerprint density at radius 3 is 2.86 bits per heavy atom. The summed E-state index contributed by atoms with van der Waals surface area (Å²) in [4.78, 5) is 14.4. The monoisotopic (exact) mass is 360 g/mol. The van der Waals surface area contributed by atoms with E-state index in [2.05, 4.69) is 15.9 Å². The average Bonchev–Trinajstić information content (AvgIpc) is 2.93. The molecule has 0 spiro atoms. The normalized spacial score (nSPS) is 14.7. The molecule has 22 heavy (non-hydrogen) atoms. The number of fused-ring (bicyclic) bond motifs is 1. The van der Waals surface area contributed by atoms with Gasteiger partial charge < -0.3 is 15.7 Å². The first-order chi connectivity index (χ1) is 10.6. The van der Waals surface area contributed by atoms with Gasteiger partial charge in [0.15, 0.2) is 0 Å². The van der Waals surface area contributed by atoms with Crippen molar-refractivity contribution in [3.05, 3.63) is 58.1 Å². The molecule has 1 aliphatic heterocycles. The lowest BCUT2D eigenvalue weighted by Gasteiger charge is -2.22. The standard InChI is InChI=1S/C17H17BrN2O2/c18-14-10-13(21)6-5-12(14)9-15(19)17(22)20-8-7-11-3-1-2-4-16(11)20/h1-6,10,15,21H,7-9,19H2/t15-/m0/s1. The third-order valence-corrected chi connectivity index (χ3v) is 4.69. The van der Waals surface area contributed by atoms with Crippen LogP contribution in [0.5, 0.6) is 5.75 Å². The molecule has 2 aromatic rings. The van der Waals surface area contributed by atoms with E-state index < -0.39 is 6.04 Å². The van der Waals surface area contributed by atoms with Gasteiger partial charge in [0.25, 0.3) is 0 Å². The van der Waals surface area contributed by atoms with Crippen molar-refractivity contribution >= 4 is 27.5 Å². The van der Waals surface area contributed by atoms with E-state index in [0.717, 1.165) is 22.1 Å². The second-order valence-electron chi connectivity index (χ2n) is 5.45.